The molecule has 0 saturated carbocycles. The van der Waals surface area contributed by atoms with Gasteiger partial charge in [-0.2, -0.15) is 0 Å². The molecule has 0 spiro atoms. The molecule has 11 heavy (non-hydrogen) atoms. The number of carbonyl (C=O) groups is 1. The van der Waals surface area contributed by atoms with Crippen LogP contribution in [0.1, 0.15) is 20.3 Å². The van der Waals surface area contributed by atoms with E-state index >= 15 is 0 Å². The zero-order valence-electron chi connectivity index (χ0n) is 7.03. The van der Waals surface area contributed by atoms with Gasteiger partial charge in [-0.3, -0.25) is 4.79 Å². The van der Waals surface area contributed by atoms with Crippen LogP contribution in [-0.2, 0) is 14.3 Å². The maximum absolute atomic E-state index is 10.7. The van der Waals surface area contributed by atoms with Gasteiger partial charge in [0.15, 0.2) is 0 Å². The summed E-state index contributed by atoms with van der Waals surface area (Å²) in [5.74, 6) is -0.377. The minimum Gasteiger partial charge on any atom is -0.433 e. The number of esters is 1. The fraction of sp³-hybridized carbons (Fsp3) is 0.857. The van der Waals surface area contributed by atoms with Gasteiger partial charge in [-0.15, -0.1) is 0 Å². The number of carbonyl (C=O) groups excluding carboxylic acids is 1. The van der Waals surface area contributed by atoms with Gasteiger partial charge in [0.1, 0.15) is 6.10 Å². The topological polar surface area (TPSA) is 55.8 Å². The van der Waals surface area contributed by atoms with E-state index in [0.717, 1.165) is 0 Å². The summed E-state index contributed by atoms with van der Waals surface area (Å²) < 4.78 is 9.39. The van der Waals surface area contributed by atoms with E-state index in [1.165, 1.54) is 14.0 Å². The van der Waals surface area contributed by atoms with Gasteiger partial charge in [0.2, 0.25) is 6.29 Å². The highest BCUT2D eigenvalue weighted by Gasteiger charge is 2.17. The van der Waals surface area contributed by atoms with E-state index in [0.29, 0.717) is 0 Å². The lowest BCUT2D eigenvalue weighted by atomic mass is 10.4. The molecule has 4 heteroatoms. The van der Waals surface area contributed by atoms with Crippen molar-refractivity contribution in [2.24, 2.45) is 0 Å². The highest BCUT2D eigenvalue weighted by molar-refractivity contribution is 5.68. The van der Waals surface area contributed by atoms with Gasteiger partial charge >= 0.3 is 5.97 Å². The normalized spacial score (nSPS) is 15.6. The standard InChI is InChI=1S/C7H14O4/c1-4-6(9)11-7(10-3)5(2)8/h5,7-8H,4H2,1-3H3. The highest BCUT2D eigenvalue weighted by Crippen LogP contribution is 2.01. The lowest BCUT2D eigenvalue weighted by molar-refractivity contribution is -0.192. The third-order valence-corrected chi connectivity index (χ3v) is 1.16. The van der Waals surface area contributed by atoms with Crippen LogP contribution in [0.4, 0.5) is 0 Å². The molecule has 0 amide bonds. The zero-order valence-corrected chi connectivity index (χ0v) is 7.03. The molecule has 0 bridgehead atoms. The van der Waals surface area contributed by atoms with Gasteiger partial charge in [-0.1, -0.05) is 6.92 Å². The minimum absolute atomic E-state index is 0.284. The van der Waals surface area contributed by atoms with Gasteiger partial charge in [0.25, 0.3) is 0 Å². The molecule has 0 aromatic heterocycles. The highest BCUT2D eigenvalue weighted by atomic mass is 16.7. The van der Waals surface area contributed by atoms with Crippen molar-refractivity contribution in [2.45, 2.75) is 32.7 Å². The molecule has 0 heterocycles. The molecule has 0 rings (SSSR count). The van der Waals surface area contributed by atoms with Gasteiger partial charge < -0.3 is 14.6 Å². The number of ether oxygens (including phenoxy) is 2. The molecule has 66 valence electrons. The van der Waals surface area contributed by atoms with Crippen molar-refractivity contribution in [3.8, 4) is 0 Å². The number of aliphatic hydroxyl groups excluding tert-OH is 1. The molecule has 4 nitrogen and oxygen atoms in total. The Bertz CT molecular complexity index is 122. The van der Waals surface area contributed by atoms with E-state index in [1.807, 2.05) is 0 Å². The fourth-order valence-corrected chi connectivity index (χ4v) is 0.556. The van der Waals surface area contributed by atoms with Gasteiger partial charge in [0, 0.05) is 13.5 Å². The largest absolute Gasteiger partial charge is 0.433 e. The molecular formula is C7H14O4. The smallest absolute Gasteiger partial charge is 0.307 e. The summed E-state index contributed by atoms with van der Waals surface area (Å²) in [6.07, 6.45) is -1.36. The lowest BCUT2D eigenvalue weighted by Gasteiger charge is -2.17. The Hall–Kier alpha value is -0.610. The van der Waals surface area contributed by atoms with Crippen LogP contribution in [-0.4, -0.2) is 30.6 Å². The molecule has 0 aromatic carbocycles. The van der Waals surface area contributed by atoms with Gasteiger partial charge in [-0.05, 0) is 6.92 Å². The number of rotatable bonds is 4. The Morgan fingerprint density at radius 2 is 2.18 bits per heavy atom. The van der Waals surface area contributed by atoms with Crippen LogP contribution in [0.15, 0.2) is 0 Å². The zero-order chi connectivity index (χ0) is 8.85. The molecule has 0 radical (unpaired) electrons. The van der Waals surface area contributed by atoms with Crippen LogP contribution in [0.5, 0.6) is 0 Å². The van der Waals surface area contributed by atoms with Crippen LogP contribution in [0.3, 0.4) is 0 Å². The number of methoxy groups -OCH3 is 1. The van der Waals surface area contributed by atoms with Crippen LogP contribution < -0.4 is 0 Å². The van der Waals surface area contributed by atoms with Crippen LogP contribution in [0, 0.1) is 0 Å². The van der Waals surface area contributed by atoms with E-state index in [1.54, 1.807) is 6.92 Å². The van der Waals surface area contributed by atoms with Crippen LogP contribution in [0.2, 0.25) is 0 Å². The van der Waals surface area contributed by atoms with Gasteiger partial charge in [0.05, 0.1) is 0 Å². The van der Waals surface area contributed by atoms with Crippen molar-refractivity contribution < 1.29 is 19.4 Å². The van der Waals surface area contributed by atoms with E-state index in [9.17, 15) is 4.79 Å². The number of hydrogen-bond donors (Lipinski definition) is 1. The number of aliphatic hydroxyl groups is 1. The average Bonchev–Trinajstić information content (AvgIpc) is 1.99. The maximum atomic E-state index is 10.7. The second-order valence-corrected chi connectivity index (χ2v) is 2.19. The maximum Gasteiger partial charge on any atom is 0.307 e. The molecule has 2 atom stereocenters. The monoisotopic (exact) mass is 162 g/mol. The summed E-state index contributed by atoms with van der Waals surface area (Å²) in [4.78, 5) is 10.7. The first-order chi connectivity index (χ1) is 5.11. The van der Waals surface area contributed by atoms with E-state index in [-0.39, 0.29) is 12.4 Å². The Labute approximate surface area is 66.1 Å². The van der Waals surface area contributed by atoms with Gasteiger partial charge in [-0.25, -0.2) is 0 Å². The fourth-order valence-electron chi connectivity index (χ4n) is 0.556. The number of hydrogen-bond acceptors (Lipinski definition) is 4. The second kappa shape index (κ2) is 5.09. The summed E-state index contributed by atoms with van der Waals surface area (Å²) >= 11 is 0. The molecular weight excluding hydrogens is 148 g/mol. The van der Waals surface area contributed by atoms with Crippen molar-refractivity contribution in [3.05, 3.63) is 0 Å². The molecule has 0 saturated heterocycles. The molecule has 0 aliphatic rings. The first-order valence-corrected chi connectivity index (χ1v) is 3.52. The minimum atomic E-state index is -0.845. The Morgan fingerprint density at radius 1 is 1.64 bits per heavy atom. The summed E-state index contributed by atoms with van der Waals surface area (Å²) in [7, 11) is 1.38. The summed E-state index contributed by atoms with van der Waals surface area (Å²) in [6, 6.07) is 0. The Balaban J connectivity index is 3.78. The van der Waals surface area contributed by atoms with Crippen molar-refractivity contribution >= 4 is 5.97 Å². The van der Waals surface area contributed by atoms with Crippen molar-refractivity contribution in [2.75, 3.05) is 7.11 Å². The van der Waals surface area contributed by atoms with Crippen molar-refractivity contribution in [3.63, 3.8) is 0 Å². The summed E-state index contributed by atoms with van der Waals surface area (Å²) in [5, 5.41) is 8.95. The Kier molecular flexibility index (Phi) is 4.81. The quantitative estimate of drug-likeness (QED) is 0.477. The predicted molar refractivity (Wildman–Crippen MR) is 38.9 cm³/mol. The summed E-state index contributed by atoms with van der Waals surface area (Å²) in [6.45, 7) is 3.17. The molecule has 0 fully saturated rings. The third-order valence-electron chi connectivity index (χ3n) is 1.16. The van der Waals surface area contributed by atoms with Crippen molar-refractivity contribution in [1.82, 2.24) is 0 Å². The third kappa shape index (κ3) is 3.95. The Morgan fingerprint density at radius 3 is 2.45 bits per heavy atom. The molecule has 0 aliphatic carbocycles. The first-order valence-electron chi connectivity index (χ1n) is 3.52. The summed E-state index contributed by atoms with van der Waals surface area (Å²) in [5.41, 5.74) is 0. The molecule has 1 N–H and O–H groups in total. The molecule has 0 aliphatic heterocycles. The van der Waals surface area contributed by atoms with E-state index < -0.39 is 12.4 Å². The van der Waals surface area contributed by atoms with Crippen LogP contribution >= 0.6 is 0 Å². The first kappa shape index (κ1) is 10.4. The van der Waals surface area contributed by atoms with E-state index in [2.05, 4.69) is 0 Å². The second-order valence-electron chi connectivity index (χ2n) is 2.19. The average molecular weight is 162 g/mol. The SMILES string of the molecule is CCC(=O)OC(OC)C(C)O. The predicted octanol–water partition coefficient (Wildman–Crippen LogP) is 0.293. The van der Waals surface area contributed by atoms with E-state index in [4.69, 9.17) is 14.6 Å². The lowest BCUT2D eigenvalue weighted by Crippen LogP contribution is -2.30. The van der Waals surface area contributed by atoms with Crippen molar-refractivity contribution in [1.29, 1.82) is 0 Å². The molecule has 2 unspecified atom stereocenters. The molecule has 0 aromatic rings. The van der Waals surface area contributed by atoms with Crippen LogP contribution in [0.25, 0.3) is 0 Å².